The van der Waals surface area contributed by atoms with Crippen molar-refractivity contribution in [3.8, 4) is 0 Å². The summed E-state index contributed by atoms with van der Waals surface area (Å²) in [5, 5.41) is 0.594. The molecule has 0 aromatic heterocycles. The van der Waals surface area contributed by atoms with E-state index in [0.29, 0.717) is 16.5 Å². The molecule has 1 amide bonds. The minimum atomic E-state index is 0.0943. The van der Waals surface area contributed by atoms with Crippen LogP contribution in [0.3, 0.4) is 0 Å². The monoisotopic (exact) mass is 329 g/mol. The first-order valence-corrected chi connectivity index (χ1v) is 7.52. The molecule has 0 aliphatic carbocycles. The Hall–Kier alpha value is -0.540. The summed E-state index contributed by atoms with van der Waals surface area (Å²) in [5.41, 5.74) is 0.673. The molecular weight excluding hydrogens is 314 g/mol. The van der Waals surface area contributed by atoms with Gasteiger partial charge < -0.3 is 4.90 Å². The molecule has 0 radical (unpaired) electrons. The van der Waals surface area contributed by atoms with E-state index in [2.05, 4.69) is 22.9 Å². The molecule has 1 aromatic carbocycles. The SMILES string of the molecule is CCCC1CCN(C(=O)c2cc(Cl)cc(Br)c2)C1. The molecule has 2 rings (SSSR count). The second kappa shape index (κ2) is 6.07. The number of carbonyl (C=O) groups is 1. The van der Waals surface area contributed by atoms with Gasteiger partial charge in [0.15, 0.2) is 0 Å². The van der Waals surface area contributed by atoms with Gasteiger partial charge in [-0.15, -0.1) is 0 Å². The van der Waals surface area contributed by atoms with Crippen LogP contribution in [0.1, 0.15) is 36.5 Å². The van der Waals surface area contributed by atoms with Crippen molar-refractivity contribution in [3.05, 3.63) is 33.3 Å². The zero-order chi connectivity index (χ0) is 13.1. The van der Waals surface area contributed by atoms with Crippen LogP contribution in [0.4, 0.5) is 0 Å². The maximum absolute atomic E-state index is 12.3. The van der Waals surface area contributed by atoms with E-state index in [1.807, 2.05) is 11.0 Å². The summed E-state index contributed by atoms with van der Waals surface area (Å²) >= 11 is 9.35. The fraction of sp³-hybridized carbons (Fsp3) is 0.500. The molecule has 1 aliphatic heterocycles. The molecule has 2 nitrogen and oxygen atoms in total. The van der Waals surface area contributed by atoms with E-state index in [1.165, 1.54) is 12.8 Å². The summed E-state index contributed by atoms with van der Waals surface area (Å²) in [4.78, 5) is 14.3. The topological polar surface area (TPSA) is 20.3 Å². The van der Waals surface area contributed by atoms with Gasteiger partial charge in [-0.05, 0) is 37.0 Å². The van der Waals surface area contributed by atoms with Crippen LogP contribution < -0.4 is 0 Å². The molecule has 1 aromatic rings. The Bertz CT molecular complexity index is 429. The van der Waals surface area contributed by atoms with Gasteiger partial charge in [-0.25, -0.2) is 0 Å². The summed E-state index contributed by atoms with van der Waals surface area (Å²) in [6, 6.07) is 5.37. The number of likely N-dealkylation sites (tertiary alicyclic amines) is 1. The molecule has 0 bridgehead atoms. The van der Waals surface area contributed by atoms with Crippen molar-refractivity contribution in [2.45, 2.75) is 26.2 Å². The molecule has 1 heterocycles. The number of benzene rings is 1. The summed E-state index contributed by atoms with van der Waals surface area (Å²) < 4.78 is 0.850. The van der Waals surface area contributed by atoms with E-state index in [9.17, 15) is 4.79 Å². The zero-order valence-electron chi connectivity index (χ0n) is 10.5. The molecule has 1 fully saturated rings. The van der Waals surface area contributed by atoms with Gasteiger partial charge in [0.05, 0.1) is 0 Å². The first kappa shape index (κ1) is 13.9. The standard InChI is InChI=1S/C14H17BrClNO/c1-2-3-10-4-5-17(9-10)14(18)11-6-12(15)8-13(16)7-11/h6-8,10H,2-5,9H2,1H3. The molecule has 0 N–H and O–H groups in total. The Kier molecular flexibility index (Phi) is 4.68. The maximum atomic E-state index is 12.3. The lowest BCUT2D eigenvalue weighted by atomic mass is 10.0. The number of rotatable bonds is 3. The van der Waals surface area contributed by atoms with E-state index in [-0.39, 0.29) is 5.91 Å². The smallest absolute Gasteiger partial charge is 0.253 e. The number of hydrogen-bond donors (Lipinski definition) is 0. The van der Waals surface area contributed by atoms with Crippen LogP contribution in [0.2, 0.25) is 5.02 Å². The van der Waals surface area contributed by atoms with Crippen molar-refractivity contribution in [2.75, 3.05) is 13.1 Å². The first-order valence-electron chi connectivity index (χ1n) is 6.35. The summed E-state index contributed by atoms with van der Waals surface area (Å²) in [6.07, 6.45) is 3.53. The van der Waals surface area contributed by atoms with Crippen molar-refractivity contribution in [2.24, 2.45) is 5.92 Å². The highest BCUT2D eigenvalue weighted by molar-refractivity contribution is 9.10. The second-order valence-corrected chi connectivity index (χ2v) is 6.20. The first-order chi connectivity index (χ1) is 8.60. The van der Waals surface area contributed by atoms with Gasteiger partial charge in [-0.3, -0.25) is 4.79 Å². The molecule has 18 heavy (non-hydrogen) atoms. The van der Waals surface area contributed by atoms with Crippen LogP contribution in [0.15, 0.2) is 22.7 Å². The van der Waals surface area contributed by atoms with Crippen molar-refractivity contribution in [3.63, 3.8) is 0 Å². The molecule has 0 saturated carbocycles. The summed E-state index contributed by atoms with van der Waals surface area (Å²) in [7, 11) is 0. The molecule has 1 saturated heterocycles. The number of hydrogen-bond acceptors (Lipinski definition) is 1. The molecule has 1 unspecified atom stereocenters. The van der Waals surface area contributed by atoms with Crippen LogP contribution in [0.25, 0.3) is 0 Å². The highest BCUT2D eigenvalue weighted by Gasteiger charge is 2.26. The Balaban J connectivity index is 2.08. The average molecular weight is 331 g/mol. The van der Waals surface area contributed by atoms with E-state index < -0.39 is 0 Å². The normalized spacial score (nSPS) is 19.3. The Morgan fingerprint density at radius 3 is 2.94 bits per heavy atom. The van der Waals surface area contributed by atoms with Gasteiger partial charge in [0, 0.05) is 28.1 Å². The van der Waals surface area contributed by atoms with Crippen molar-refractivity contribution in [1.29, 1.82) is 0 Å². The Morgan fingerprint density at radius 2 is 2.28 bits per heavy atom. The van der Waals surface area contributed by atoms with Gasteiger partial charge in [-0.1, -0.05) is 40.9 Å². The van der Waals surface area contributed by atoms with Gasteiger partial charge >= 0.3 is 0 Å². The summed E-state index contributed by atoms with van der Waals surface area (Å²) in [6.45, 7) is 3.95. The lowest BCUT2D eigenvalue weighted by Crippen LogP contribution is -2.28. The predicted molar refractivity (Wildman–Crippen MR) is 78.1 cm³/mol. The van der Waals surface area contributed by atoms with Gasteiger partial charge in [0.25, 0.3) is 5.91 Å². The lowest BCUT2D eigenvalue weighted by Gasteiger charge is -2.17. The minimum Gasteiger partial charge on any atom is -0.338 e. The maximum Gasteiger partial charge on any atom is 0.253 e. The highest BCUT2D eigenvalue weighted by atomic mass is 79.9. The second-order valence-electron chi connectivity index (χ2n) is 4.85. The number of carbonyl (C=O) groups excluding carboxylic acids is 1. The van der Waals surface area contributed by atoms with E-state index in [0.717, 1.165) is 24.0 Å². The highest BCUT2D eigenvalue weighted by Crippen LogP contribution is 2.25. The molecule has 98 valence electrons. The third-order valence-corrected chi connectivity index (χ3v) is 4.06. The van der Waals surface area contributed by atoms with Crippen molar-refractivity contribution in [1.82, 2.24) is 4.90 Å². The molecule has 1 atom stereocenters. The number of halogens is 2. The van der Waals surface area contributed by atoms with Crippen LogP contribution in [0, 0.1) is 5.92 Å². The third kappa shape index (κ3) is 3.27. The Morgan fingerprint density at radius 1 is 1.50 bits per heavy atom. The zero-order valence-corrected chi connectivity index (χ0v) is 12.8. The molecule has 0 spiro atoms. The fourth-order valence-corrected chi connectivity index (χ4v) is 3.38. The van der Waals surface area contributed by atoms with Crippen LogP contribution in [0.5, 0.6) is 0 Å². The third-order valence-electron chi connectivity index (χ3n) is 3.38. The predicted octanol–water partition coefficient (Wildman–Crippen LogP) is 4.36. The Labute approximate surface area is 121 Å². The van der Waals surface area contributed by atoms with Crippen LogP contribution in [-0.4, -0.2) is 23.9 Å². The molecular formula is C14H17BrClNO. The quantitative estimate of drug-likeness (QED) is 0.806. The van der Waals surface area contributed by atoms with Gasteiger partial charge in [-0.2, -0.15) is 0 Å². The van der Waals surface area contributed by atoms with Gasteiger partial charge in [0.1, 0.15) is 0 Å². The lowest BCUT2D eigenvalue weighted by molar-refractivity contribution is 0.0786. The molecule has 4 heteroatoms. The van der Waals surface area contributed by atoms with Crippen LogP contribution in [-0.2, 0) is 0 Å². The van der Waals surface area contributed by atoms with Crippen molar-refractivity contribution < 1.29 is 4.79 Å². The number of amides is 1. The van der Waals surface area contributed by atoms with E-state index in [4.69, 9.17) is 11.6 Å². The fourth-order valence-electron chi connectivity index (χ4n) is 2.52. The number of nitrogens with zero attached hydrogens (tertiary/aromatic N) is 1. The van der Waals surface area contributed by atoms with Crippen LogP contribution >= 0.6 is 27.5 Å². The van der Waals surface area contributed by atoms with E-state index in [1.54, 1.807) is 12.1 Å². The minimum absolute atomic E-state index is 0.0943. The average Bonchev–Trinajstić information content (AvgIpc) is 2.76. The summed E-state index contributed by atoms with van der Waals surface area (Å²) in [5.74, 6) is 0.762. The van der Waals surface area contributed by atoms with E-state index >= 15 is 0 Å². The van der Waals surface area contributed by atoms with Gasteiger partial charge in [0.2, 0.25) is 0 Å². The molecule has 1 aliphatic rings. The van der Waals surface area contributed by atoms with Crippen molar-refractivity contribution >= 4 is 33.4 Å². The largest absolute Gasteiger partial charge is 0.338 e.